The molecule has 0 aliphatic carbocycles. The molecule has 1 N–H and O–H groups in total. The van der Waals surface area contributed by atoms with E-state index in [0.29, 0.717) is 16.0 Å². The number of nitrogens with zero attached hydrogens (tertiary/aromatic N) is 1. The van der Waals surface area contributed by atoms with Gasteiger partial charge in [-0.15, -0.1) is 11.3 Å². The van der Waals surface area contributed by atoms with Crippen LogP contribution in [0.3, 0.4) is 0 Å². The monoisotopic (exact) mass is 405 g/mol. The normalized spacial score (nSPS) is 14.6. The Morgan fingerprint density at radius 2 is 1.97 bits per heavy atom. The van der Waals surface area contributed by atoms with Gasteiger partial charge in [-0.1, -0.05) is 29.8 Å². The van der Waals surface area contributed by atoms with E-state index in [2.05, 4.69) is 4.99 Å². The molecule has 144 valence electrons. The van der Waals surface area contributed by atoms with Gasteiger partial charge >= 0.3 is 11.9 Å². The zero-order valence-corrected chi connectivity index (χ0v) is 16.1. The maximum Gasteiger partial charge on any atom is 0.363 e. The molecular weight excluding hydrogens is 390 g/mol. The van der Waals surface area contributed by atoms with Gasteiger partial charge in [0.25, 0.3) is 0 Å². The van der Waals surface area contributed by atoms with Crippen LogP contribution in [0.2, 0.25) is 0 Å². The lowest BCUT2D eigenvalue weighted by molar-refractivity contribution is -0.129. The van der Waals surface area contributed by atoms with Crippen LogP contribution in [0.15, 0.2) is 70.7 Å². The van der Waals surface area contributed by atoms with E-state index < -0.39 is 11.9 Å². The fraction of sp³-hybridized carbons (Fsp3) is 0.0455. The van der Waals surface area contributed by atoms with E-state index >= 15 is 0 Å². The van der Waals surface area contributed by atoms with Gasteiger partial charge < -0.3 is 14.6 Å². The number of aromatic hydroxyl groups is 1. The summed E-state index contributed by atoms with van der Waals surface area (Å²) in [6, 6.07) is 15.3. The standard InChI is InChI=1S/C22H15NO5S/c1-13-4-7-15(8-5-13)20-23-16(21(25)28-20)11-14-6-9-18(17(24)12-14)27-22(26)19-3-2-10-29-19/h2-12,24H,1H3/b16-11+. The number of carbonyl (C=O) groups is 2. The Hall–Kier alpha value is -3.71. The number of cyclic esters (lactones) is 1. The van der Waals surface area contributed by atoms with Crippen molar-refractivity contribution in [3.63, 3.8) is 0 Å². The van der Waals surface area contributed by atoms with Gasteiger partial charge in [0.05, 0.1) is 0 Å². The van der Waals surface area contributed by atoms with Crippen molar-refractivity contribution in [1.29, 1.82) is 0 Å². The second-order valence-electron chi connectivity index (χ2n) is 6.30. The van der Waals surface area contributed by atoms with Crippen LogP contribution < -0.4 is 4.74 Å². The molecular formula is C22H15NO5S. The van der Waals surface area contributed by atoms with Gasteiger partial charge in [0.2, 0.25) is 5.90 Å². The number of rotatable bonds is 4. The molecule has 0 amide bonds. The Bertz CT molecular complexity index is 1140. The van der Waals surface area contributed by atoms with Gasteiger partial charge in [0, 0.05) is 5.56 Å². The minimum Gasteiger partial charge on any atom is -0.504 e. The molecule has 0 radical (unpaired) electrons. The summed E-state index contributed by atoms with van der Waals surface area (Å²) in [6.07, 6.45) is 1.49. The molecule has 4 rings (SSSR count). The van der Waals surface area contributed by atoms with Gasteiger partial charge in [-0.05, 0) is 54.3 Å². The summed E-state index contributed by atoms with van der Waals surface area (Å²) < 4.78 is 10.4. The molecule has 1 aliphatic rings. The second kappa shape index (κ2) is 7.73. The van der Waals surface area contributed by atoms with Crippen molar-refractivity contribution < 1.29 is 24.2 Å². The Kier molecular flexibility index (Phi) is 4.97. The number of ether oxygens (including phenoxy) is 2. The van der Waals surface area contributed by atoms with E-state index in [0.717, 1.165) is 5.56 Å². The molecule has 1 aromatic heterocycles. The minimum atomic E-state index is -0.576. The molecule has 7 heteroatoms. The molecule has 0 saturated carbocycles. The molecule has 0 fully saturated rings. The Morgan fingerprint density at radius 1 is 1.17 bits per heavy atom. The van der Waals surface area contributed by atoms with Crippen LogP contribution >= 0.6 is 11.3 Å². The van der Waals surface area contributed by atoms with E-state index in [1.165, 1.54) is 29.5 Å². The van der Waals surface area contributed by atoms with Crippen molar-refractivity contribution in [2.75, 3.05) is 0 Å². The molecule has 1 aliphatic heterocycles. The molecule has 6 nitrogen and oxygen atoms in total. The van der Waals surface area contributed by atoms with E-state index in [1.54, 1.807) is 23.6 Å². The zero-order valence-electron chi connectivity index (χ0n) is 15.3. The zero-order chi connectivity index (χ0) is 20.4. The van der Waals surface area contributed by atoms with E-state index in [1.807, 2.05) is 31.2 Å². The van der Waals surface area contributed by atoms with Crippen LogP contribution in [0.25, 0.3) is 6.08 Å². The third-order valence-corrected chi connectivity index (χ3v) is 4.98. The molecule has 0 spiro atoms. The number of carbonyl (C=O) groups excluding carboxylic acids is 2. The molecule has 2 heterocycles. The van der Waals surface area contributed by atoms with Crippen molar-refractivity contribution in [3.05, 3.63) is 87.2 Å². The van der Waals surface area contributed by atoms with Gasteiger partial charge in [-0.25, -0.2) is 14.6 Å². The van der Waals surface area contributed by atoms with Crippen molar-refractivity contribution in [2.24, 2.45) is 4.99 Å². The Morgan fingerprint density at radius 3 is 2.66 bits per heavy atom. The van der Waals surface area contributed by atoms with Crippen molar-refractivity contribution in [1.82, 2.24) is 0 Å². The van der Waals surface area contributed by atoms with Crippen LogP contribution in [-0.4, -0.2) is 22.9 Å². The van der Waals surface area contributed by atoms with Gasteiger partial charge in [-0.3, -0.25) is 0 Å². The number of aliphatic imine (C=N–C) groups is 1. The van der Waals surface area contributed by atoms with Crippen molar-refractivity contribution >= 4 is 35.2 Å². The highest BCUT2D eigenvalue weighted by atomic mass is 32.1. The number of thiophene rings is 1. The predicted molar refractivity (Wildman–Crippen MR) is 109 cm³/mol. The number of aryl methyl sites for hydroxylation is 1. The van der Waals surface area contributed by atoms with E-state index in [9.17, 15) is 14.7 Å². The largest absolute Gasteiger partial charge is 0.504 e. The van der Waals surface area contributed by atoms with Gasteiger partial charge in [-0.2, -0.15) is 0 Å². The number of benzene rings is 2. The third kappa shape index (κ3) is 4.09. The number of hydrogen-bond donors (Lipinski definition) is 1. The van der Waals surface area contributed by atoms with Gasteiger partial charge in [0.1, 0.15) is 4.88 Å². The molecule has 0 saturated heterocycles. The van der Waals surface area contributed by atoms with Crippen LogP contribution in [0.4, 0.5) is 0 Å². The first-order valence-electron chi connectivity index (χ1n) is 8.68. The average Bonchev–Trinajstić information content (AvgIpc) is 3.35. The summed E-state index contributed by atoms with van der Waals surface area (Å²) in [6.45, 7) is 1.96. The Labute approximate surface area is 170 Å². The molecule has 3 aromatic rings. The first-order valence-corrected chi connectivity index (χ1v) is 9.56. The summed E-state index contributed by atoms with van der Waals surface area (Å²) in [5.41, 5.74) is 2.42. The van der Waals surface area contributed by atoms with Crippen molar-refractivity contribution in [2.45, 2.75) is 6.92 Å². The number of phenolic OH excluding ortho intramolecular Hbond substituents is 1. The lowest BCUT2D eigenvalue weighted by Gasteiger charge is -2.06. The molecule has 0 atom stereocenters. The molecule has 29 heavy (non-hydrogen) atoms. The van der Waals surface area contributed by atoms with E-state index in [-0.39, 0.29) is 23.1 Å². The first kappa shape index (κ1) is 18.6. The average molecular weight is 405 g/mol. The maximum absolute atomic E-state index is 12.1. The topological polar surface area (TPSA) is 85.2 Å². The highest BCUT2D eigenvalue weighted by molar-refractivity contribution is 7.12. The second-order valence-corrected chi connectivity index (χ2v) is 7.24. The lowest BCUT2D eigenvalue weighted by Crippen LogP contribution is -2.06. The lowest BCUT2D eigenvalue weighted by atomic mass is 10.1. The molecule has 2 aromatic carbocycles. The van der Waals surface area contributed by atoms with Crippen LogP contribution in [0.5, 0.6) is 11.5 Å². The minimum absolute atomic E-state index is 0.0309. The van der Waals surface area contributed by atoms with Crippen LogP contribution in [0.1, 0.15) is 26.4 Å². The maximum atomic E-state index is 12.1. The highest BCUT2D eigenvalue weighted by Gasteiger charge is 2.24. The third-order valence-electron chi connectivity index (χ3n) is 4.13. The Balaban J connectivity index is 1.54. The smallest absolute Gasteiger partial charge is 0.363 e. The summed E-state index contributed by atoms with van der Waals surface area (Å²) in [5.74, 6) is -1.09. The van der Waals surface area contributed by atoms with Crippen LogP contribution in [0, 0.1) is 6.92 Å². The summed E-state index contributed by atoms with van der Waals surface area (Å²) in [4.78, 5) is 28.8. The van der Waals surface area contributed by atoms with Crippen LogP contribution in [-0.2, 0) is 9.53 Å². The predicted octanol–water partition coefficient (Wildman–Crippen LogP) is 4.33. The first-order chi connectivity index (χ1) is 14.0. The van der Waals surface area contributed by atoms with Crippen molar-refractivity contribution in [3.8, 4) is 11.5 Å². The highest BCUT2D eigenvalue weighted by Crippen LogP contribution is 2.30. The summed E-state index contributed by atoms with van der Waals surface area (Å²) in [7, 11) is 0. The SMILES string of the molecule is Cc1ccc(C2=N/C(=C/c3ccc(OC(=O)c4cccs4)c(O)c3)C(=O)O2)cc1. The number of hydrogen-bond acceptors (Lipinski definition) is 7. The summed E-state index contributed by atoms with van der Waals surface area (Å²) >= 11 is 1.25. The fourth-order valence-electron chi connectivity index (χ4n) is 2.64. The molecule has 0 unspecified atom stereocenters. The fourth-order valence-corrected chi connectivity index (χ4v) is 3.24. The number of phenols is 1. The van der Waals surface area contributed by atoms with E-state index in [4.69, 9.17) is 9.47 Å². The number of esters is 2. The summed E-state index contributed by atoms with van der Waals surface area (Å²) in [5, 5.41) is 11.9. The molecule has 0 bridgehead atoms. The quantitative estimate of drug-likeness (QED) is 0.397. The van der Waals surface area contributed by atoms with Gasteiger partial charge in [0.15, 0.2) is 17.2 Å².